The van der Waals surface area contributed by atoms with Gasteiger partial charge in [0.15, 0.2) is 6.73 Å². The summed E-state index contributed by atoms with van der Waals surface area (Å²) in [6.45, 7) is 4.89. The van der Waals surface area contributed by atoms with E-state index in [1.807, 2.05) is 18.2 Å². The number of rotatable bonds is 16. The van der Waals surface area contributed by atoms with Gasteiger partial charge in [-0.3, -0.25) is 0 Å². The molecule has 0 bridgehead atoms. The number of nitrogens with zero attached hydrogens (tertiary/aromatic N) is 1. The van der Waals surface area contributed by atoms with Crippen LogP contribution in [-0.4, -0.2) is 51.0 Å². The predicted octanol–water partition coefficient (Wildman–Crippen LogP) is 2.43. The topological polar surface area (TPSA) is 35.5 Å². The lowest BCUT2D eigenvalue weighted by Gasteiger charge is -2.28. The first kappa shape index (κ1) is 26.9. The highest BCUT2D eigenvalue weighted by atomic mass is 35.5. The SMILES string of the molecule is CCCCCCCCCCCOC[N+](C)(C)CCOC(=O)c1ccccc1.[Cl-]. The van der Waals surface area contributed by atoms with E-state index in [0.717, 1.165) is 19.6 Å². The summed E-state index contributed by atoms with van der Waals surface area (Å²) in [6.07, 6.45) is 12.0. The summed E-state index contributed by atoms with van der Waals surface area (Å²) in [5.41, 5.74) is 0.601. The number of ether oxygens (including phenoxy) is 2. The molecule has 0 aliphatic rings. The molecule has 0 aromatic heterocycles. The highest BCUT2D eigenvalue weighted by molar-refractivity contribution is 5.89. The maximum absolute atomic E-state index is 11.9. The molecule has 0 amide bonds. The van der Waals surface area contributed by atoms with E-state index < -0.39 is 0 Å². The number of likely N-dealkylation sites (N-methyl/N-ethyl adjacent to an activating group) is 1. The number of halogens is 1. The first-order valence-electron chi connectivity index (χ1n) is 10.7. The van der Waals surface area contributed by atoms with Crippen molar-refractivity contribution in [1.29, 1.82) is 0 Å². The van der Waals surface area contributed by atoms with Crippen LogP contribution in [0.25, 0.3) is 0 Å². The normalized spacial score (nSPS) is 11.1. The van der Waals surface area contributed by atoms with Crippen LogP contribution < -0.4 is 12.4 Å². The Hall–Kier alpha value is -1.10. The molecular formula is C23H40ClNO3. The molecule has 0 unspecified atom stereocenters. The van der Waals surface area contributed by atoms with Crippen molar-refractivity contribution in [2.24, 2.45) is 0 Å². The van der Waals surface area contributed by atoms with Gasteiger partial charge in [0.05, 0.1) is 26.3 Å². The molecule has 0 N–H and O–H groups in total. The summed E-state index contributed by atoms with van der Waals surface area (Å²) in [4.78, 5) is 11.9. The summed E-state index contributed by atoms with van der Waals surface area (Å²) in [6, 6.07) is 9.13. The summed E-state index contributed by atoms with van der Waals surface area (Å²) in [5.74, 6) is -0.258. The summed E-state index contributed by atoms with van der Waals surface area (Å²) in [5, 5.41) is 0. The Bertz CT molecular complexity index is 494. The van der Waals surface area contributed by atoms with Gasteiger partial charge in [0, 0.05) is 0 Å². The zero-order chi connectivity index (χ0) is 19.8. The van der Waals surface area contributed by atoms with Gasteiger partial charge in [-0.2, -0.15) is 0 Å². The van der Waals surface area contributed by atoms with Crippen LogP contribution >= 0.6 is 0 Å². The second-order valence-corrected chi connectivity index (χ2v) is 8.03. The summed E-state index contributed by atoms with van der Waals surface area (Å²) >= 11 is 0. The van der Waals surface area contributed by atoms with Crippen molar-refractivity contribution in [2.75, 3.05) is 40.6 Å². The first-order valence-corrected chi connectivity index (χ1v) is 10.7. The molecule has 0 atom stereocenters. The van der Waals surface area contributed by atoms with Gasteiger partial charge in [-0.1, -0.05) is 76.5 Å². The molecule has 1 rings (SSSR count). The number of carbonyl (C=O) groups excluding carboxylic acids is 1. The molecule has 0 saturated carbocycles. The van der Waals surface area contributed by atoms with E-state index in [4.69, 9.17) is 9.47 Å². The fourth-order valence-electron chi connectivity index (χ4n) is 2.93. The molecule has 1 aromatic rings. The molecule has 0 spiro atoms. The highest BCUT2D eigenvalue weighted by Gasteiger charge is 2.16. The minimum atomic E-state index is -0.258. The van der Waals surface area contributed by atoms with Crippen molar-refractivity contribution >= 4 is 5.97 Å². The maximum Gasteiger partial charge on any atom is 0.338 e. The van der Waals surface area contributed by atoms with Gasteiger partial charge < -0.3 is 26.4 Å². The van der Waals surface area contributed by atoms with Crippen LogP contribution in [0.4, 0.5) is 0 Å². The Morgan fingerprint density at radius 2 is 1.43 bits per heavy atom. The Balaban J connectivity index is 0.00000729. The number of benzene rings is 1. The molecule has 0 radical (unpaired) electrons. The van der Waals surface area contributed by atoms with E-state index in [0.29, 0.717) is 23.4 Å². The Morgan fingerprint density at radius 1 is 0.857 bits per heavy atom. The molecular weight excluding hydrogens is 374 g/mol. The van der Waals surface area contributed by atoms with Crippen molar-refractivity contribution in [3.05, 3.63) is 35.9 Å². The Kier molecular flexibility index (Phi) is 16.2. The van der Waals surface area contributed by atoms with Crippen molar-refractivity contribution < 1.29 is 31.2 Å². The second kappa shape index (κ2) is 16.8. The van der Waals surface area contributed by atoms with Crippen LogP contribution in [0, 0.1) is 0 Å². The van der Waals surface area contributed by atoms with Crippen LogP contribution in [0.15, 0.2) is 30.3 Å². The third-order valence-corrected chi connectivity index (χ3v) is 4.77. The van der Waals surface area contributed by atoms with Gasteiger partial charge >= 0.3 is 5.97 Å². The number of unbranched alkanes of at least 4 members (excludes halogenated alkanes) is 8. The molecule has 0 aliphatic heterocycles. The quantitative estimate of drug-likeness (QED) is 0.181. The van der Waals surface area contributed by atoms with E-state index in [2.05, 4.69) is 21.0 Å². The van der Waals surface area contributed by atoms with Crippen LogP contribution in [0.5, 0.6) is 0 Å². The highest BCUT2D eigenvalue weighted by Crippen LogP contribution is 2.10. The van der Waals surface area contributed by atoms with Gasteiger partial charge in [0.2, 0.25) is 0 Å². The number of hydrogen-bond donors (Lipinski definition) is 0. The monoisotopic (exact) mass is 413 g/mol. The molecule has 4 nitrogen and oxygen atoms in total. The molecule has 0 heterocycles. The van der Waals surface area contributed by atoms with Gasteiger partial charge in [0.25, 0.3) is 0 Å². The first-order chi connectivity index (χ1) is 13.0. The number of quaternary nitrogens is 1. The lowest BCUT2D eigenvalue weighted by molar-refractivity contribution is -0.909. The van der Waals surface area contributed by atoms with E-state index in [1.165, 1.54) is 51.4 Å². The van der Waals surface area contributed by atoms with Gasteiger partial charge in [-0.05, 0) is 18.6 Å². The molecule has 0 aliphatic carbocycles. The third-order valence-electron chi connectivity index (χ3n) is 4.77. The van der Waals surface area contributed by atoms with E-state index >= 15 is 0 Å². The van der Waals surface area contributed by atoms with E-state index in [-0.39, 0.29) is 18.4 Å². The lowest BCUT2D eigenvalue weighted by Crippen LogP contribution is -3.00. The summed E-state index contributed by atoms with van der Waals surface area (Å²) in [7, 11) is 4.21. The van der Waals surface area contributed by atoms with Gasteiger partial charge in [-0.15, -0.1) is 0 Å². The fraction of sp³-hybridized carbons (Fsp3) is 0.696. The fourth-order valence-corrected chi connectivity index (χ4v) is 2.93. The summed E-state index contributed by atoms with van der Waals surface area (Å²) < 4.78 is 11.9. The molecule has 28 heavy (non-hydrogen) atoms. The van der Waals surface area contributed by atoms with Crippen molar-refractivity contribution in [2.45, 2.75) is 64.7 Å². The molecule has 5 heteroatoms. The van der Waals surface area contributed by atoms with Crippen molar-refractivity contribution in [3.63, 3.8) is 0 Å². The lowest BCUT2D eigenvalue weighted by atomic mass is 10.1. The average molecular weight is 414 g/mol. The van der Waals surface area contributed by atoms with Crippen LogP contribution in [0.1, 0.15) is 75.1 Å². The van der Waals surface area contributed by atoms with Gasteiger partial charge in [-0.25, -0.2) is 4.79 Å². The van der Waals surface area contributed by atoms with E-state index in [9.17, 15) is 4.79 Å². The standard InChI is InChI=1S/C23H40NO3.ClH/c1-4-5-6-7-8-9-10-11-15-19-26-21-24(2,3)18-20-27-23(25)22-16-13-12-14-17-22;/h12-14,16-17H,4-11,15,18-21H2,1-3H3;1H/q+1;/p-1. The van der Waals surface area contributed by atoms with Gasteiger partial charge in [0.1, 0.15) is 13.2 Å². The number of esters is 1. The zero-order valence-electron chi connectivity index (χ0n) is 18.1. The van der Waals surface area contributed by atoms with Crippen LogP contribution in [0.3, 0.4) is 0 Å². The Labute approximate surface area is 178 Å². The molecule has 0 fully saturated rings. The number of hydrogen-bond acceptors (Lipinski definition) is 3. The Morgan fingerprint density at radius 3 is 2.04 bits per heavy atom. The molecule has 0 saturated heterocycles. The minimum absolute atomic E-state index is 0. The van der Waals surface area contributed by atoms with E-state index in [1.54, 1.807) is 12.1 Å². The smallest absolute Gasteiger partial charge is 0.338 e. The zero-order valence-corrected chi connectivity index (χ0v) is 18.9. The second-order valence-electron chi connectivity index (χ2n) is 8.03. The minimum Gasteiger partial charge on any atom is -1.00 e. The third kappa shape index (κ3) is 14.0. The average Bonchev–Trinajstić information content (AvgIpc) is 2.66. The van der Waals surface area contributed by atoms with Crippen molar-refractivity contribution in [1.82, 2.24) is 0 Å². The molecule has 1 aromatic carbocycles. The van der Waals surface area contributed by atoms with Crippen molar-refractivity contribution in [3.8, 4) is 0 Å². The number of carbonyl (C=O) groups is 1. The van der Waals surface area contributed by atoms with Crippen LogP contribution in [0.2, 0.25) is 0 Å². The molecule has 162 valence electrons. The predicted molar refractivity (Wildman–Crippen MR) is 112 cm³/mol. The van der Waals surface area contributed by atoms with Crippen LogP contribution in [-0.2, 0) is 9.47 Å². The maximum atomic E-state index is 11.9. The largest absolute Gasteiger partial charge is 1.00 e.